The van der Waals surface area contributed by atoms with Crippen molar-refractivity contribution in [2.24, 2.45) is 0 Å². The summed E-state index contributed by atoms with van der Waals surface area (Å²) in [5, 5.41) is 0. The summed E-state index contributed by atoms with van der Waals surface area (Å²) >= 11 is 0. The lowest BCUT2D eigenvalue weighted by Gasteiger charge is -2.22. The normalized spacial score (nSPS) is 12.6. The van der Waals surface area contributed by atoms with E-state index in [-0.39, 0.29) is 11.1 Å². The Kier molecular flexibility index (Phi) is 7.94. The molecule has 0 bridgehead atoms. The lowest BCUT2D eigenvalue weighted by Crippen LogP contribution is -2.37. The van der Waals surface area contributed by atoms with Crippen LogP contribution in [0.15, 0.2) is 67.8 Å². The molecule has 0 radical (unpaired) electrons. The fraction of sp³-hybridized carbons (Fsp3) is 0.556. The summed E-state index contributed by atoms with van der Waals surface area (Å²) < 4.78 is 9.21. The van der Waals surface area contributed by atoms with E-state index < -0.39 is 0 Å². The highest BCUT2D eigenvalue weighted by molar-refractivity contribution is 5.14. The maximum Gasteiger partial charge on any atom is 0.244 e. The van der Waals surface area contributed by atoms with Gasteiger partial charge < -0.3 is 0 Å². The van der Waals surface area contributed by atoms with Crippen molar-refractivity contribution in [3.8, 4) is 0 Å². The minimum atomic E-state index is 0.133. The van der Waals surface area contributed by atoms with E-state index in [1.165, 1.54) is 5.56 Å². The monoisotopic (exact) mass is 437 g/mol. The van der Waals surface area contributed by atoms with E-state index in [2.05, 4.69) is 132 Å². The number of hydrogen-bond donors (Lipinski definition) is 0. The minimum absolute atomic E-state index is 0.133. The van der Waals surface area contributed by atoms with Gasteiger partial charge in [0.05, 0.1) is 13.1 Å². The van der Waals surface area contributed by atoms with Gasteiger partial charge in [-0.2, -0.15) is 0 Å². The number of imidazole rings is 2. The Morgan fingerprint density at radius 3 is 1.59 bits per heavy atom. The quantitative estimate of drug-likeness (QED) is 0.432. The summed E-state index contributed by atoms with van der Waals surface area (Å²) in [6.07, 6.45) is 15.5. The zero-order valence-corrected chi connectivity index (χ0v) is 21.0. The Bertz CT molecular complexity index is 882. The van der Waals surface area contributed by atoms with E-state index in [1.54, 1.807) is 0 Å². The molecular formula is C27H43N5+2. The highest BCUT2D eigenvalue weighted by atomic mass is 15.2. The molecular weight excluding hydrogens is 394 g/mol. The zero-order valence-electron chi connectivity index (χ0n) is 21.0. The van der Waals surface area contributed by atoms with Crippen molar-refractivity contribution in [1.82, 2.24) is 14.0 Å². The van der Waals surface area contributed by atoms with Crippen LogP contribution in [0.25, 0.3) is 0 Å². The van der Waals surface area contributed by atoms with Gasteiger partial charge in [0.25, 0.3) is 0 Å². The summed E-state index contributed by atoms with van der Waals surface area (Å²) in [6, 6.07) is 10.9. The minimum Gasteiger partial charge on any atom is -0.299 e. The van der Waals surface area contributed by atoms with Crippen LogP contribution in [0.3, 0.4) is 0 Å². The molecule has 0 atom stereocenters. The van der Waals surface area contributed by atoms with Gasteiger partial charge in [-0.1, -0.05) is 30.3 Å². The second-order valence-electron chi connectivity index (χ2n) is 10.9. The molecule has 3 rings (SSSR count). The molecule has 1 aromatic carbocycles. The van der Waals surface area contributed by atoms with E-state index in [0.29, 0.717) is 0 Å². The van der Waals surface area contributed by atoms with Crippen LogP contribution < -0.4 is 9.13 Å². The molecule has 0 unspecified atom stereocenters. The average molecular weight is 438 g/mol. The first-order valence-corrected chi connectivity index (χ1v) is 12.0. The van der Waals surface area contributed by atoms with E-state index in [1.807, 2.05) is 0 Å². The fourth-order valence-corrected chi connectivity index (χ4v) is 3.91. The van der Waals surface area contributed by atoms with Gasteiger partial charge in [-0.3, -0.25) is 4.90 Å². The maximum absolute atomic E-state index is 2.61. The van der Waals surface area contributed by atoms with Crippen LogP contribution >= 0.6 is 0 Å². The van der Waals surface area contributed by atoms with Crippen molar-refractivity contribution in [1.29, 1.82) is 0 Å². The molecule has 174 valence electrons. The van der Waals surface area contributed by atoms with Gasteiger partial charge >= 0.3 is 0 Å². The number of aromatic nitrogens is 4. The van der Waals surface area contributed by atoms with Crippen LogP contribution in [-0.2, 0) is 30.7 Å². The number of nitrogens with zero attached hydrogens (tertiary/aromatic N) is 5. The van der Waals surface area contributed by atoms with Crippen molar-refractivity contribution in [3.05, 3.63) is 73.3 Å². The number of aryl methyl sites for hydroxylation is 2. The molecule has 0 saturated carbocycles. The van der Waals surface area contributed by atoms with Crippen molar-refractivity contribution in [2.45, 2.75) is 85.1 Å². The molecule has 3 aromatic rings. The van der Waals surface area contributed by atoms with Gasteiger partial charge in [0.1, 0.15) is 35.9 Å². The van der Waals surface area contributed by atoms with Crippen LogP contribution in [-0.4, -0.2) is 27.1 Å². The van der Waals surface area contributed by atoms with E-state index in [4.69, 9.17) is 0 Å². The standard InChI is InChI=1S/C27H43N5/c1-26(2,3)31-20-18-29(23-31)16-10-14-28(22-25-12-8-7-9-13-25)15-11-17-30-19-21-32(24-30)27(4,5)6/h7-9,12-13,18-21,23-24H,10-11,14-17,22H2,1-6H3/q+2. The molecule has 0 saturated heterocycles. The van der Waals surface area contributed by atoms with Crippen LogP contribution in [0.2, 0.25) is 0 Å². The predicted molar refractivity (Wildman–Crippen MR) is 130 cm³/mol. The Hall–Kier alpha value is -2.40. The first kappa shape index (κ1) is 24.2. The Labute approximate surface area is 194 Å². The van der Waals surface area contributed by atoms with Crippen LogP contribution in [0.1, 0.15) is 59.9 Å². The molecule has 0 spiro atoms. The third kappa shape index (κ3) is 7.33. The van der Waals surface area contributed by atoms with Gasteiger partial charge in [-0.25, -0.2) is 18.3 Å². The summed E-state index contributed by atoms with van der Waals surface area (Å²) in [7, 11) is 0. The molecule has 2 aromatic heterocycles. The Balaban J connectivity index is 1.53. The fourth-order valence-electron chi connectivity index (χ4n) is 3.91. The third-order valence-electron chi connectivity index (χ3n) is 5.96. The van der Waals surface area contributed by atoms with Gasteiger partial charge in [-0.15, -0.1) is 0 Å². The molecule has 0 fully saturated rings. The molecule has 5 nitrogen and oxygen atoms in total. The first-order chi connectivity index (χ1) is 15.1. The Morgan fingerprint density at radius 2 is 1.19 bits per heavy atom. The lowest BCUT2D eigenvalue weighted by atomic mass is 10.1. The summed E-state index contributed by atoms with van der Waals surface area (Å²) in [4.78, 5) is 2.61. The molecule has 0 aliphatic rings. The topological polar surface area (TPSA) is 20.9 Å². The van der Waals surface area contributed by atoms with E-state index in [0.717, 1.165) is 45.6 Å². The molecule has 0 aliphatic carbocycles. The SMILES string of the molecule is CC(C)(C)n1cc[n+](CCCN(CCC[n+]2ccn(C(C)(C)C)c2)Cc2ccccc2)c1. The molecule has 2 heterocycles. The van der Waals surface area contributed by atoms with Crippen LogP contribution in [0.4, 0.5) is 0 Å². The number of rotatable bonds is 10. The van der Waals surface area contributed by atoms with Gasteiger partial charge in [-0.05, 0) is 59.9 Å². The number of benzene rings is 1. The van der Waals surface area contributed by atoms with Gasteiger partial charge in [0, 0.05) is 19.6 Å². The summed E-state index contributed by atoms with van der Waals surface area (Å²) in [5.41, 5.74) is 1.66. The van der Waals surface area contributed by atoms with E-state index >= 15 is 0 Å². The predicted octanol–water partition coefficient (Wildman–Crippen LogP) is 4.36. The Morgan fingerprint density at radius 1 is 0.719 bits per heavy atom. The maximum atomic E-state index is 2.61. The van der Waals surface area contributed by atoms with Crippen molar-refractivity contribution in [2.75, 3.05) is 13.1 Å². The molecule has 0 amide bonds. The number of hydrogen-bond acceptors (Lipinski definition) is 1. The summed E-state index contributed by atoms with van der Waals surface area (Å²) in [5.74, 6) is 0. The van der Waals surface area contributed by atoms with Crippen LogP contribution in [0.5, 0.6) is 0 Å². The van der Waals surface area contributed by atoms with Crippen LogP contribution in [0, 0.1) is 0 Å². The molecule has 0 aliphatic heterocycles. The first-order valence-electron chi connectivity index (χ1n) is 12.0. The lowest BCUT2D eigenvalue weighted by molar-refractivity contribution is -0.697. The van der Waals surface area contributed by atoms with Crippen molar-refractivity contribution in [3.63, 3.8) is 0 Å². The van der Waals surface area contributed by atoms with Gasteiger partial charge in [0.2, 0.25) is 12.7 Å². The molecule has 0 N–H and O–H groups in total. The second-order valence-corrected chi connectivity index (χ2v) is 10.9. The average Bonchev–Trinajstić information content (AvgIpc) is 3.38. The second kappa shape index (κ2) is 10.5. The highest BCUT2D eigenvalue weighted by Gasteiger charge is 2.20. The smallest absolute Gasteiger partial charge is 0.244 e. The highest BCUT2D eigenvalue weighted by Crippen LogP contribution is 2.12. The summed E-state index contributed by atoms with van der Waals surface area (Å²) in [6.45, 7) is 18.8. The largest absolute Gasteiger partial charge is 0.299 e. The third-order valence-corrected chi connectivity index (χ3v) is 5.96. The zero-order chi connectivity index (χ0) is 23.2. The van der Waals surface area contributed by atoms with E-state index in [9.17, 15) is 0 Å². The van der Waals surface area contributed by atoms with Crippen molar-refractivity contribution < 1.29 is 9.13 Å². The molecule has 5 heteroatoms. The van der Waals surface area contributed by atoms with Crippen molar-refractivity contribution >= 4 is 0 Å². The molecule has 32 heavy (non-hydrogen) atoms. The van der Waals surface area contributed by atoms with Gasteiger partial charge in [0.15, 0.2) is 0 Å².